The van der Waals surface area contributed by atoms with Crippen molar-refractivity contribution in [1.82, 2.24) is 15.0 Å². The van der Waals surface area contributed by atoms with Crippen LogP contribution in [-0.2, 0) is 10.2 Å². The third kappa shape index (κ3) is 1.94. The molecule has 3 aromatic rings. The average Bonchev–Trinajstić information content (AvgIpc) is 3.14. The van der Waals surface area contributed by atoms with E-state index in [-0.39, 0.29) is 5.91 Å². The molecule has 1 amide bonds. The van der Waals surface area contributed by atoms with Crippen LogP contribution in [0.5, 0.6) is 0 Å². The maximum atomic E-state index is 13.2. The average molecular weight is 349 g/mol. The number of piperidine rings is 1. The van der Waals surface area contributed by atoms with Crippen LogP contribution < -0.4 is 9.80 Å². The number of fused-ring (bicyclic) bond motifs is 3. The van der Waals surface area contributed by atoms with Gasteiger partial charge in [0.05, 0.1) is 5.41 Å². The van der Waals surface area contributed by atoms with Gasteiger partial charge in [0.25, 0.3) is 5.71 Å². The van der Waals surface area contributed by atoms with E-state index in [0.717, 1.165) is 36.5 Å². The molecule has 2 aromatic heterocycles. The van der Waals surface area contributed by atoms with Crippen LogP contribution in [0.15, 0.2) is 35.0 Å². The molecule has 0 bridgehead atoms. The van der Waals surface area contributed by atoms with Gasteiger partial charge in [-0.3, -0.25) is 4.79 Å². The lowest BCUT2D eigenvalue weighted by Crippen LogP contribution is -2.51. The second-order valence-electron chi connectivity index (χ2n) is 7.07. The minimum Gasteiger partial charge on any atom is -0.422 e. The normalized spacial score (nSPS) is 22.5. The molecule has 5 rings (SSSR count). The first kappa shape index (κ1) is 15.3. The molecule has 26 heavy (non-hydrogen) atoms. The molecule has 7 nitrogen and oxygen atoms in total. The summed E-state index contributed by atoms with van der Waals surface area (Å²) < 4.78 is 5.55. The molecular weight excluding hydrogens is 330 g/mol. The van der Waals surface area contributed by atoms with Crippen LogP contribution in [0.3, 0.4) is 0 Å². The summed E-state index contributed by atoms with van der Waals surface area (Å²) in [5.74, 6) is 1.46. The number of hydrogen-bond donors (Lipinski definition) is 0. The Labute approximate surface area is 150 Å². The monoisotopic (exact) mass is 349 g/mol. The zero-order valence-electron chi connectivity index (χ0n) is 14.8. The van der Waals surface area contributed by atoms with Gasteiger partial charge >= 0.3 is 0 Å². The molecule has 1 fully saturated rings. The fourth-order valence-corrected chi connectivity index (χ4v) is 4.43. The molecule has 1 aromatic carbocycles. The van der Waals surface area contributed by atoms with E-state index in [9.17, 15) is 4.79 Å². The molecule has 1 saturated heterocycles. The van der Waals surface area contributed by atoms with E-state index in [2.05, 4.69) is 25.9 Å². The van der Waals surface area contributed by atoms with Gasteiger partial charge in [-0.2, -0.15) is 4.98 Å². The number of nitrogens with zero attached hydrogens (tertiary/aromatic N) is 5. The van der Waals surface area contributed by atoms with Gasteiger partial charge < -0.3 is 14.2 Å². The lowest BCUT2D eigenvalue weighted by atomic mass is 9.75. The van der Waals surface area contributed by atoms with Gasteiger partial charge in [-0.15, -0.1) is 0 Å². The Bertz CT molecular complexity index is 1030. The van der Waals surface area contributed by atoms with Gasteiger partial charge in [0, 0.05) is 32.7 Å². The number of anilines is 2. The maximum Gasteiger partial charge on any atom is 0.252 e. The number of hydrogen-bond acceptors (Lipinski definition) is 6. The first-order valence-corrected chi connectivity index (χ1v) is 8.81. The summed E-state index contributed by atoms with van der Waals surface area (Å²) in [7, 11) is 1.86. The molecule has 2 aliphatic heterocycles. The van der Waals surface area contributed by atoms with Gasteiger partial charge in [0.1, 0.15) is 6.33 Å². The number of rotatable bonds is 1. The molecule has 4 heterocycles. The van der Waals surface area contributed by atoms with Crippen LogP contribution in [0.2, 0.25) is 0 Å². The maximum absolute atomic E-state index is 13.2. The number of amides is 1. The molecule has 132 valence electrons. The van der Waals surface area contributed by atoms with Crippen molar-refractivity contribution in [3.05, 3.63) is 42.0 Å². The first-order chi connectivity index (χ1) is 12.6. The van der Waals surface area contributed by atoms with Crippen LogP contribution in [0, 0.1) is 6.92 Å². The SMILES string of the molecule is Cc1nc2c(N3CCCC4(C3)C(=O)N(C)c3ccccc34)ncnc2o1. The van der Waals surface area contributed by atoms with E-state index >= 15 is 0 Å². The zero-order valence-corrected chi connectivity index (χ0v) is 14.8. The molecule has 2 aliphatic rings. The quantitative estimate of drug-likeness (QED) is 0.672. The molecule has 0 aliphatic carbocycles. The minimum absolute atomic E-state index is 0.157. The molecular formula is C19H19N5O2. The van der Waals surface area contributed by atoms with E-state index in [1.165, 1.54) is 6.33 Å². The number of carbonyl (C=O) groups is 1. The van der Waals surface area contributed by atoms with Crippen molar-refractivity contribution in [1.29, 1.82) is 0 Å². The van der Waals surface area contributed by atoms with Crippen molar-refractivity contribution < 1.29 is 9.21 Å². The van der Waals surface area contributed by atoms with E-state index in [0.29, 0.717) is 23.7 Å². The Morgan fingerprint density at radius 1 is 1.23 bits per heavy atom. The van der Waals surface area contributed by atoms with Crippen LogP contribution in [0.1, 0.15) is 24.3 Å². The molecule has 1 atom stereocenters. The fraction of sp³-hybridized carbons (Fsp3) is 0.368. The molecule has 7 heteroatoms. The standard InChI is InChI=1S/C19H19N5O2/c1-12-22-15-16(20-11-21-17(15)26-12)24-9-5-8-19(10-24)13-6-3-4-7-14(13)23(2)18(19)25/h3-4,6-7,11H,5,8-10H2,1-2H3. The smallest absolute Gasteiger partial charge is 0.252 e. The van der Waals surface area contributed by atoms with Gasteiger partial charge in [-0.25, -0.2) is 9.97 Å². The zero-order chi connectivity index (χ0) is 17.9. The fourth-order valence-electron chi connectivity index (χ4n) is 4.43. The highest BCUT2D eigenvalue weighted by Crippen LogP contribution is 2.47. The molecule has 0 saturated carbocycles. The highest BCUT2D eigenvalue weighted by Gasteiger charge is 2.52. The Morgan fingerprint density at radius 2 is 2.08 bits per heavy atom. The van der Waals surface area contributed by atoms with Crippen LogP contribution in [0.4, 0.5) is 11.5 Å². The lowest BCUT2D eigenvalue weighted by molar-refractivity contribution is -0.123. The number of carbonyl (C=O) groups excluding carboxylic acids is 1. The minimum atomic E-state index is -0.528. The number of benzene rings is 1. The predicted octanol–water partition coefficient (Wildman–Crippen LogP) is 2.44. The highest BCUT2D eigenvalue weighted by molar-refractivity contribution is 6.08. The summed E-state index contributed by atoms with van der Waals surface area (Å²) in [4.78, 5) is 30.2. The predicted molar refractivity (Wildman–Crippen MR) is 97.3 cm³/mol. The molecule has 0 radical (unpaired) electrons. The second-order valence-corrected chi connectivity index (χ2v) is 7.07. The highest BCUT2D eigenvalue weighted by atomic mass is 16.4. The number of aromatic nitrogens is 3. The van der Waals surface area contributed by atoms with E-state index < -0.39 is 5.41 Å². The van der Waals surface area contributed by atoms with E-state index in [4.69, 9.17) is 4.42 Å². The van der Waals surface area contributed by atoms with Gasteiger partial charge in [-0.1, -0.05) is 18.2 Å². The third-order valence-electron chi connectivity index (χ3n) is 5.57. The molecule has 0 N–H and O–H groups in total. The Balaban J connectivity index is 1.61. The molecule has 1 spiro atoms. The van der Waals surface area contributed by atoms with Crippen LogP contribution in [-0.4, -0.2) is 41.0 Å². The first-order valence-electron chi connectivity index (χ1n) is 8.81. The van der Waals surface area contributed by atoms with E-state index in [1.54, 1.807) is 11.8 Å². The van der Waals surface area contributed by atoms with Gasteiger partial charge in [0.15, 0.2) is 17.2 Å². The topological polar surface area (TPSA) is 75.4 Å². The van der Waals surface area contributed by atoms with Crippen molar-refractivity contribution in [3.8, 4) is 0 Å². The summed E-state index contributed by atoms with van der Waals surface area (Å²) in [6, 6.07) is 8.09. The van der Waals surface area contributed by atoms with Crippen molar-refractivity contribution in [3.63, 3.8) is 0 Å². The van der Waals surface area contributed by atoms with Crippen molar-refractivity contribution >= 4 is 28.6 Å². The number of aryl methyl sites for hydroxylation is 1. The Kier molecular flexibility index (Phi) is 3.10. The third-order valence-corrected chi connectivity index (χ3v) is 5.57. The summed E-state index contributed by atoms with van der Waals surface area (Å²) in [6.07, 6.45) is 3.26. The lowest BCUT2D eigenvalue weighted by Gasteiger charge is -2.39. The largest absolute Gasteiger partial charge is 0.422 e. The summed E-state index contributed by atoms with van der Waals surface area (Å²) >= 11 is 0. The summed E-state index contributed by atoms with van der Waals surface area (Å²) in [5.41, 5.74) is 2.74. The Morgan fingerprint density at radius 3 is 2.96 bits per heavy atom. The Hall–Kier alpha value is -2.96. The number of likely N-dealkylation sites (N-methyl/N-ethyl adjacent to an activating group) is 1. The molecule has 1 unspecified atom stereocenters. The second kappa shape index (κ2) is 5.27. The summed E-state index contributed by atoms with van der Waals surface area (Å²) in [5, 5.41) is 0. The van der Waals surface area contributed by atoms with Crippen molar-refractivity contribution in [2.75, 3.05) is 29.9 Å². The van der Waals surface area contributed by atoms with Crippen molar-refractivity contribution in [2.24, 2.45) is 0 Å². The summed E-state index contributed by atoms with van der Waals surface area (Å²) in [6.45, 7) is 3.22. The van der Waals surface area contributed by atoms with Crippen molar-refractivity contribution in [2.45, 2.75) is 25.2 Å². The van der Waals surface area contributed by atoms with Crippen LogP contribution in [0.25, 0.3) is 11.2 Å². The van der Waals surface area contributed by atoms with Gasteiger partial charge in [-0.05, 0) is 24.5 Å². The number of oxazole rings is 1. The van der Waals surface area contributed by atoms with Crippen LogP contribution >= 0.6 is 0 Å². The van der Waals surface area contributed by atoms with Gasteiger partial charge in [0.2, 0.25) is 5.91 Å². The van der Waals surface area contributed by atoms with E-state index in [1.807, 2.05) is 25.2 Å². The number of para-hydroxylation sites is 1.